The van der Waals surface area contributed by atoms with E-state index >= 15 is 0 Å². The Bertz CT molecular complexity index is 537. The number of carbonyl (C=O) groups excluding carboxylic acids is 1. The van der Waals surface area contributed by atoms with E-state index in [1.54, 1.807) is 18.2 Å². The Hall–Kier alpha value is -1.62. The number of piperidine rings is 1. The van der Waals surface area contributed by atoms with Gasteiger partial charge in [-0.25, -0.2) is 4.39 Å². The van der Waals surface area contributed by atoms with Crippen LogP contribution in [0.25, 0.3) is 0 Å². The molecule has 0 spiro atoms. The second-order valence-corrected chi connectivity index (χ2v) is 6.60. The predicted octanol–water partition coefficient (Wildman–Crippen LogP) is 1.56. The number of amides is 1. The minimum absolute atomic E-state index is 0.0913. The Morgan fingerprint density at radius 2 is 2.05 bits per heavy atom. The normalized spacial score (nSPS) is 27.1. The van der Waals surface area contributed by atoms with Crippen LogP contribution in [0.2, 0.25) is 0 Å². The molecular formula is C16H21FN2O2. The number of carbonyl (C=O) groups is 1. The minimum Gasteiger partial charge on any atom is -0.488 e. The van der Waals surface area contributed by atoms with Crippen molar-refractivity contribution in [2.75, 3.05) is 19.7 Å². The van der Waals surface area contributed by atoms with Crippen LogP contribution in [0.5, 0.6) is 5.75 Å². The zero-order chi connectivity index (χ0) is 15.0. The van der Waals surface area contributed by atoms with E-state index in [1.165, 1.54) is 6.07 Å². The van der Waals surface area contributed by atoms with Gasteiger partial charge in [0.2, 0.25) is 5.91 Å². The Labute approximate surface area is 124 Å². The topological polar surface area (TPSA) is 50.4 Å². The summed E-state index contributed by atoms with van der Waals surface area (Å²) >= 11 is 0. The molecule has 0 aromatic heterocycles. The summed E-state index contributed by atoms with van der Waals surface area (Å²) < 4.78 is 19.0. The molecule has 3 rings (SSSR count). The van der Waals surface area contributed by atoms with Gasteiger partial charge in [-0.1, -0.05) is 12.1 Å². The van der Waals surface area contributed by atoms with Crippen molar-refractivity contribution in [2.45, 2.75) is 19.4 Å². The van der Waals surface area contributed by atoms with E-state index in [0.29, 0.717) is 11.8 Å². The molecule has 1 saturated heterocycles. The van der Waals surface area contributed by atoms with Gasteiger partial charge in [0.1, 0.15) is 6.61 Å². The fourth-order valence-electron chi connectivity index (χ4n) is 3.08. The molecule has 1 aromatic rings. The third-order valence-electron chi connectivity index (χ3n) is 4.28. The van der Waals surface area contributed by atoms with Gasteiger partial charge in [-0.2, -0.15) is 0 Å². The molecule has 2 fully saturated rings. The third-order valence-corrected chi connectivity index (χ3v) is 4.28. The summed E-state index contributed by atoms with van der Waals surface area (Å²) in [5.74, 6) is 1.05. The third kappa shape index (κ3) is 3.02. The SMILES string of the molecule is CC(C)(COc1ccccc1F)NC(=O)C1C2CNCC21. The smallest absolute Gasteiger partial charge is 0.224 e. The van der Waals surface area contributed by atoms with Crippen LogP contribution in [-0.2, 0) is 4.79 Å². The van der Waals surface area contributed by atoms with E-state index in [-0.39, 0.29) is 30.0 Å². The molecule has 21 heavy (non-hydrogen) atoms. The number of hydrogen-bond donors (Lipinski definition) is 2. The highest BCUT2D eigenvalue weighted by Gasteiger charge is 2.57. The summed E-state index contributed by atoms with van der Waals surface area (Å²) in [7, 11) is 0. The number of benzene rings is 1. The summed E-state index contributed by atoms with van der Waals surface area (Å²) in [6.07, 6.45) is 0. The molecule has 2 unspecified atom stereocenters. The number of para-hydroxylation sites is 1. The van der Waals surface area contributed by atoms with Crippen molar-refractivity contribution in [1.29, 1.82) is 0 Å². The van der Waals surface area contributed by atoms with E-state index in [2.05, 4.69) is 10.6 Å². The summed E-state index contributed by atoms with van der Waals surface area (Å²) in [5, 5.41) is 6.30. The second-order valence-electron chi connectivity index (χ2n) is 6.60. The van der Waals surface area contributed by atoms with Crippen molar-refractivity contribution in [3.05, 3.63) is 30.1 Å². The van der Waals surface area contributed by atoms with Gasteiger partial charge >= 0.3 is 0 Å². The number of rotatable bonds is 5. The van der Waals surface area contributed by atoms with E-state index < -0.39 is 5.54 Å². The summed E-state index contributed by atoms with van der Waals surface area (Å²) in [5.41, 5.74) is -0.524. The lowest BCUT2D eigenvalue weighted by Gasteiger charge is -2.27. The first kappa shape index (κ1) is 14.3. The maximum absolute atomic E-state index is 13.5. The van der Waals surface area contributed by atoms with Crippen LogP contribution in [0, 0.1) is 23.6 Å². The molecule has 1 aromatic carbocycles. The first-order valence-corrected chi connectivity index (χ1v) is 7.38. The molecule has 1 aliphatic heterocycles. The van der Waals surface area contributed by atoms with Gasteiger partial charge in [0.25, 0.3) is 0 Å². The van der Waals surface area contributed by atoms with Crippen molar-refractivity contribution in [1.82, 2.24) is 10.6 Å². The van der Waals surface area contributed by atoms with Gasteiger partial charge in [0, 0.05) is 5.92 Å². The van der Waals surface area contributed by atoms with Crippen LogP contribution in [0.3, 0.4) is 0 Å². The van der Waals surface area contributed by atoms with E-state index in [9.17, 15) is 9.18 Å². The van der Waals surface area contributed by atoms with Gasteiger partial charge in [0.05, 0.1) is 5.54 Å². The molecule has 1 amide bonds. The number of ether oxygens (including phenoxy) is 1. The van der Waals surface area contributed by atoms with Gasteiger partial charge < -0.3 is 15.4 Å². The van der Waals surface area contributed by atoms with Gasteiger partial charge in [-0.05, 0) is 50.9 Å². The highest BCUT2D eigenvalue weighted by atomic mass is 19.1. The standard InChI is InChI=1S/C16H21FN2O2/c1-16(2,9-21-13-6-4-3-5-12(13)17)19-15(20)14-10-7-18-8-11(10)14/h3-6,10-11,14,18H,7-9H2,1-2H3,(H,19,20). The molecule has 1 heterocycles. The fourth-order valence-corrected chi connectivity index (χ4v) is 3.08. The zero-order valence-corrected chi connectivity index (χ0v) is 12.4. The van der Waals surface area contributed by atoms with Crippen molar-refractivity contribution >= 4 is 5.91 Å². The maximum atomic E-state index is 13.5. The maximum Gasteiger partial charge on any atom is 0.224 e. The lowest BCUT2D eigenvalue weighted by molar-refractivity contribution is -0.125. The molecule has 2 N–H and O–H groups in total. The van der Waals surface area contributed by atoms with Gasteiger partial charge in [-0.15, -0.1) is 0 Å². The molecule has 1 saturated carbocycles. The van der Waals surface area contributed by atoms with Crippen LogP contribution >= 0.6 is 0 Å². The quantitative estimate of drug-likeness (QED) is 0.866. The van der Waals surface area contributed by atoms with E-state index in [4.69, 9.17) is 4.74 Å². The van der Waals surface area contributed by atoms with E-state index in [0.717, 1.165) is 13.1 Å². The molecule has 4 nitrogen and oxygen atoms in total. The Kier molecular flexibility index (Phi) is 3.61. The van der Waals surface area contributed by atoms with Gasteiger partial charge in [-0.3, -0.25) is 4.79 Å². The molecule has 1 aliphatic carbocycles. The molecule has 2 atom stereocenters. The molecule has 0 radical (unpaired) electrons. The predicted molar refractivity (Wildman–Crippen MR) is 77.5 cm³/mol. The largest absolute Gasteiger partial charge is 0.488 e. The van der Waals surface area contributed by atoms with Crippen LogP contribution < -0.4 is 15.4 Å². The van der Waals surface area contributed by atoms with Crippen molar-refractivity contribution in [3.63, 3.8) is 0 Å². The monoisotopic (exact) mass is 292 g/mol. The van der Waals surface area contributed by atoms with Crippen LogP contribution in [0.1, 0.15) is 13.8 Å². The highest BCUT2D eigenvalue weighted by Crippen LogP contribution is 2.48. The number of fused-ring (bicyclic) bond motifs is 1. The van der Waals surface area contributed by atoms with E-state index in [1.807, 2.05) is 13.8 Å². The van der Waals surface area contributed by atoms with Crippen LogP contribution in [0.4, 0.5) is 4.39 Å². The highest BCUT2D eigenvalue weighted by molar-refractivity contribution is 5.83. The second kappa shape index (κ2) is 5.30. The molecule has 114 valence electrons. The lowest BCUT2D eigenvalue weighted by atomic mass is 10.1. The van der Waals surface area contributed by atoms with Crippen molar-refractivity contribution in [2.24, 2.45) is 17.8 Å². The molecule has 2 aliphatic rings. The van der Waals surface area contributed by atoms with Crippen LogP contribution in [-0.4, -0.2) is 31.1 Å². The number of halogens is 1. The fraction of sp³-hybridized carbons (Fsp3) is 0.562. The molecule has 0 bridgehead atoms. The Balaban J connectivity index is 1.52. The van der Waals surface area contributed by atoms with Crippen molar-refractivity contribution in [3.8, 4) is 5.75 Å². The first-order chi connectivity index (χ1) is 9.98. The van der Waals surface area contributed by atoms with Gasteiger partial charge in [0.15, 0.2) is 11.6 Å². The van der Waals surface area contributed by atoms with Crippen molar-refractivity contribution < 1.29 is 13.9 Å². The molecular weight excluding hydrogens is 271 g/mol. The Morgan fingerprint density at radius 1 is 1.38 bits per heavy atom. The first-order valence-electron chi connectivity index (χ1n) is 7.38. The molecule has 5 heteroatoms. The number of nitrogens with one attached hydrogen (secondary N) is 2. The zero-order valence-electron chi connectivity index (χ0n) is 12.4. The number of hydrogen-bond acceptors (Lipinski definition) is 3. The summed E-state index contributed by atoms with van der Waals surface area (Å²) in [6, 6.07) is 6.29. The Morgan fingerprint density at radius 3 is 2.71 bits per heavy atom. The lowest BCUT2D eigenvalue weighted by Crippen LogP contribution is -2.49. The minimum atomic E-state index is -0.524. The average Bonchev–Trinajstić information content (AvgIpc) is 2.92. The average molecular weight is 292 g/mol. The summed E-state index contributed by atoms with van der Waals surface area (Å²) in [4.78, 5) is 12.2. The summed E-state index contributed by atoms with van der Waals surface area (Å²) in [6.45, 7) is 5.90. The van der Waals surface area contributed by atoms with Crippen LogP contribution in [0.15, 0.2) is 24.3 Å².